The number of benzene rings is 1. The fourth-order valence-electron chi connectivity index (χ4n) is 5.18. The molecule has 4 aromatic rings. The summed E-state index contributed by atoms with van der Waals surface area (Å²) in [5, 5.41) is 16.1. The maximum atomic E-state index is 13.0. The molecule has 1 saturated carbocycles. The molecule has 1 aliphatic heterocycles. The van der Waals surface area contributed by atoms with E-state index in [-0.39, 0.29) is 30.1 Å². The summed E-state index contributed by atoms with van der Waals surface area (Å²) in [5.74, 6) is 1.60. The molecule has 0 radical (unpaired) electrons. The van der Waals surface area contributed by atoms with Crippen LogP contribution in [0.25, 0.3) is 5.52 Å². The van der Waals surface area contributed by atoms with E-state index in [1.54, 1.807) is 11.4 Å². The van der Waals surface area contributed by atoms with Crippen LogP contribution in [-0.4, -0.2) is 54.5 Å². The average Bonchev–Trinajstić information content (AvgIpc) is 3.51. The number of hydrogen-bond acceptors (Lipinski definition) is 7. The van der Waals surface area contributed by atoms with Crippen molar-refractivity contribution in [1.82, 2.24) is 34.8 Å². The first-order valence-corrected chi connectivity index (χ1v) is 12.4. The molecule has 10 heteroatoms. The minimum absolute atomic E-state index is 0.00229. The lowest BCUT2D eigenvalue weighted by Crippen LogP contribution is -2.60. The van der Waals surface area contributed by atoms with Gasteiger partial charge in [0, 0.05) is 24.6 Å². The zero-order valence-corrected chi connectivity index (χ0v) is 20.6. The van der Waals surface area contributed by atoms with Crippen molar-refractivity contribution in [1.29, 1.82) is 0 Å². The molecule has 10 nitrogen and oxygen atoms in total. The second kappa shape index (κ2) is 8.70. The van der Waals surface area contributed by atoms with Crippen LogP contribution in [0.2, 0.25) is 0 Å². The lowest BCUT2D eigenvalue weighted by Gasteiger charge is -2.44. The average molecular weight is 488 g/mol. The molecule has 36 heavy (non-hydrogen) atoms. The Hall–Kier alpha value is -3.79. The second-order valence-corrected chi connectivity index (χ2v) is 9.92. The Labute approximate surface area is 207 Å². The summed E-state index contributed by atoms with van der Waals surface area (Å²) in [6.07, 6.45) is 2.21. The standard InChI is InChI=1S/C26H29N7O3/c1-15-24(16(2)36-30-15)25(19-7-5-4-6-8-19)31-12-20(13-31)27-23(34)14-32-26(35)22-11-21(18-9-10-18)29-33(22)17(3)28-32/h4-8,11,18,20,25H,9-10,12-14H2,1-3H3,(H,27,34)/t25-/m1/s1. The van der Waals surface area contributed by atoms with Crippen LogP contribution in [0.1, 0.15) is 58.9 Å². The van der Waals surface area contributed by atoms with Gasteiger partial charge in [0.15, 0.2) is 0 Å². The lowest BCUT2D eigenvalue weighted by atomic mass is 9.92. The van der Waals surface area contributed by atoms with Gasteiger partial charge in [-0.05, 0) is 45.2 Å². The van der Waals surface area contributed by atoms with Gasteiger partial charge in [-0.15, -0.1) is 0 Å². The molecule has 1 atom stereocenters. The molecule has 3 aromatic heterocycles. The molecule has 1 amide bonds. The van der Waals surface area contributed by atoms with E-state index in [9.17, 15) is 9.59 Å². The first-order chi connectivity index (χ1) is 17.4. The largest absolute Gasteiger partial charge is 0.361 e. The quantitative estimate of drug-likeness (QED) is 0.426. The number of aryl methyl sites for hydroxylation is 3. The Morgan fingerprint density at radius 2 is 1.89 bits per heavy atom. The molecular weight excluding hydrogens is 458 g/mol. The maximum absolute atomic E-state index is 13.0. The van der Waals surface area contributed by atoms with Crippen molar-refractivity contribution in [2.24, 2.45) is 0 Å². The normalized spacial score (nSPS) is 17.3. The first-order valence-electron chi connectivity index (χ1n) is 12.4. The molecule has 6 rings (SSSR count). The van der Waals surface area contributed by atoms with Gasteiger partial charge in [-0.1, -0.05) is 35.5 Å². The predicted molar refractivity (Wildman–Crippen MR) is 132 cm³/mol. The molecule has 1 N–H and O–H groups in total. The number of rotatable bonds is 7. The molecule has 186 valence electrons. The van der Waals surface area contributed by atoms with Gasteiger partial charge in [0.05, 0.1) is 23.5 Å². The van der Waals surface area contributed by atoms with Gasteiger partial charge in [-0.2, -0.15) is 10.2 Å². The number of hydrogen-bond donors (Lipinski definition) is 1. The monoisotopic (exact) mass is 487 g/mol. The number of carbonyl (C=O) groups excluding carboxylic acids is 1. The summed E-state index contributed by atoms with van der Waals surface area (Å²) in [6, 6.07) is 12.1. The van der Waals surface area contributed by atoms with Gasteiger partial charge in [0.25, 0.3) is 5.56 Å². The van der Waals surface area contributed by atoms with Gasteiger partial charge in [-0.25, -0.2) is 9.20 Å². The van der Waals surface area contributed by atoms with Crippen LogP contribution < -0.4 is 10.9 Å². The third-order valence-electron chi connectivity index (χ3n) is 7.16. The number of amides is 1. The smallest absolute Gasteiger partial charge is 0.293 e. The van der Waals surface area contributed by atoms with E-state index in [0.717, 1.165) is 41.1 Å². The SMILES string of the molecule is Cc1noc(C)c1[C@@H](c1ccccc1)N1CC(NC(=O)Cn2nc(C)n3nc(C4CC4)cc3c2=O)C1. The zero-order chi connectivity index (χ0) is 25.0. The molecule has 2 aliphatic rings. The van der Waals surface area contributed by atoms with Crippen LogP contribution in [0.3, 0.4) is 0 Å². The van der Waals surface area contributed by atoms with E-state index >= 15 is 0 Å². The van der Waals surface area contributed by atoms with Gasteiger partial charge >= 0.3 is 0 Å². The van der Waals surface area contributed by atoms with Crippen LogP contribution in [-0.2, 0) is 11.3 Å². The third-order valence-corrected chi connectivity index (χ3v) is 7.16. The summed E-state index contributed by atoms with van der Waals surface area (Å²) in [7, 11) is 0. The molecular formula is C26H29N7O3. The van der Waals surface area contributed by atoms with Crippen LogP contribution in [0.4, 0.5) is 0 Å². The highest BCUT2D eigenvalue weighted by molar-refractivity contribution is 5.76. The van der Waals surface area contributed by atoms with Gasteiger partial charge in [0.2, 0.25) is 5.91 Å². The van der Waals surface area contributed by atoms with Crippen LogP contribution in [0.5, 0.6) is 0 Å². The molecule has 0 bridgehead atoms. The van der Waals surface area contributed by atoms with Crippen molar-refractivity contribution in [3.63, 3.8) is 0 Å². The number of nitrogens with zero attached hydrogens (tertiary/aromatic N) is 6. The van der Waals surface area contributed by atoms with E-state index in [4.69, 9.17) is 4.52 Å². The van der Waals surface area contributed by atoms with Crippen LogP contribution in [0.15, 0.2) is 45.7 Å². The molecule has 0 unspecified atom stereocenters. The van der Waals surface area contributed by atoms with Crippen molar-refractivity contribution >= 4 is 11.4 Å². The number of likely N-dealkylation sites (tertiary alicyclic amines) is 1. The second-order valence-electron chi connectivity index (χ2n) is 9.92. The lowest BCUT2D eigenvalue weighted by molar-refractivity contribution is -0.124. The van der Waals surface area contributed by atoms with E-state index in [0.29, 0.717) is 30.3 Å². The molecule has 1 aromatic carbocycles. The highest BCUT2D eigenvalue weighted by atomic mass is 16.5. The first kappa shape index (κ1) is 22.7. The Kier molecular flexibility index (Phi) is 5.48. The van der Waals surface area contributed by atoms with Gasteiger partial charge < -0.3 is 9.84 Å². The third kappa shape index (κ3) is 4.01. The summed E-state index contributed by atoms with van der Waals surface area (Å²) in [6.45, 7) is 6.93. The zero-order valence-electron chi connectivity index (χ0n) is 20.6. The van der Waals surface area contributed by atoms with E-state index in [2.05, 4.69) is 37.7 Å². The van der Waals surface area contributed by atoms with E-state index in [1.807, 2.05) is 38.1 Å². The van der Waals surface area contributed by atoms with E-state index in [1.165, 1.54) is 4.68 Å². The van der Waals surface area contributed by atoms with Crippen molar-refractivity contribution in [3.05, 3.63) is 80.9 Å². The summed E-state index contributed by atoms with van der Waals surface area (Å²) in [4.78, 5) is 28.1. The van der Waals surface area contributed by atoms with E-state index < -0.39 is 0 Å². The summed E-state index contributed by atoms with van der Waals surface area (Å²) in [5.41, 5.74) is 4.19. The highest BCUT2D eigenvalue weighted by Gasteiger charge is 2.37. The Morgan fingerprint density at radius 1 is 1.14 bits per heavy atom. The molecule has 1 saturated heterocycles. The predicted octanol–water partition coefficient (Wildman–Crippen LogP) is 2.27. The number of carbonyl (C=O) groups is 1. The number of aromatic nitrogens is 5. The molecule has 1 aliphatic carbocycles. The Morgan fingerprint density at radius 3 is 2.56 bits per heavy atom. The highest BCUT2D eigenvalue weighted by Crippen LogP contribution is 2.39. The number of fused-ring (bicyclic) bond motifs is 1. The maximum Gasteiger partial charge on any atom is 0.293 e. The van der Waals surface area contributed by atoms with Crippen molar-refractivity contribution in [3.8, 4) is 0 Å². The minimum atomic E-state index is -0.298. The minimum Gasteiger partial charge on any atom is -0.361 e. The Balaban J connectivity index is 1.15. The van der Waals surface area contributed by atoms with Crippen LogP contribution in [0, 0.1) is 20.8 Å². The summed E-state index contributed by atoms with van der Waals surface area (Å²) < 4.78 is 8.28. The van der Waals surface area contributed by atoms with Crippen molar-refractivity contribution in [2.45, 2.75) is 58.2 Å². The number of nitrogens with one attached hydrogen (secondary N) is 1. The Bertz CT molecular complexity index is 1470. The molecule has 0 spiro atoms. The summed E-state index contributed by atoms with van der Waals surface area (Å²) >= 11 is 0. The fraction of sp³-hybridized carbons (Fsp3) is 0.423. The molecule has 2 fully saturated rings. The van der Waals surface area contributed by atoms with Gasteiger partial charge in [0.1, 0.15) is 23.6 Å². The van der Waals surface area contributed by atoms with Crippen LogP contribution >= 0.6 is 0 Å². The van der Waals surface area contributed by atoms with Gasteiger partial charge in [-0.3, -0.25) is 14.5 Å². The fourth-order valence-corrected chi connectivity index (χ4v) is 5.18. The molecule has 4 heterocycles. The topological polar surface area (TPSA) is 111 Å². The van der Waals surface area contributed by atoms with Crippen molar-refractivity contribution < 1.29 is 9.32 Å². The van der Waals surface area contributed by atoms with Crippen molar-refractivity contribution in [2.75, 3.05) is 13.1 Å².